The van der Waals surface area contributed by atoms with Gasteiger partial charge in [0.1, 0.15) is 18.0 Å². The maximum atomic E-state index is 5.80. The lowest BCUT2D eigenvalue weighted by atomic mass is 10.0. The lowest BCUT2D eigenvalue weighted by Crippen LogP contribution is -2.45. The Labute approximate surface area is 164 Å². The van der Waals surface area contributed by atoms with Gasteiger partial charge in [0.25, 0.3) is 0 Å². The molecule has 1 spiro atoms. The standard InChI is InChI=1S/C20H26N4O4/c1-25-16-4-3-15(11-17(16)26-2)13-21-18-12-19(23-14-22-18)24-7-5-20(6-8-24)27-9-10-28-20/h3-4,11-12,14H,5-10,13H2,1-2H3,(H,21,22,23). The van der Waals surface area contributed by atoms with Crippen molar-refractivity contribution in [3.8, 4) is 11.5 Å². The first-order valence-corrected chi connectivity index (χ1v) is 9.51. The Balaban J connectivity index is 1.38. The molecule has 0 bridgehead atoms. The van der Waals surface area contributed by atoms with Crippen molar-refractivity contribution in [3.05, 3.63) is 36.2 Å². The molecular weight excluding hydrogens is 360 g/mol. The van der Waals surface area contributed by atoms with Gasteiger partial charge in [-0.3, -0.25) is 0 Å². The van der Waals surface area contributed by atoms with Gasteiger partial charge in [-0.1, -0.05) is 6.07 Å². The van der Waals surface area contributed by atoms with E-state index in [1.54, 1.807) is 20.5 Å². The summed E-state index contributed by atoms with van der Waals surface area (Å²) in [4.78, 5) is 11.0. The van der Waals surface area contributed by atoms with Crippen molar-refractivity contribution in [2.75, 3.05) is 50.7 Å². The van der Waals surface area contributed by atoms with E-state index in [1.165, 1.54) is 0 Å². The molecule has 1 N–H and O–H groups in total. The first-order valence-electron chi connectivity index (χ1n) is 9.51. The van der Waals surface area contributed by atoms with Crippen LogP contribution in [0.25, 0.3) is 0 Å². The number of hydrogen-bond acceptors (Lipinski definition) is 8. The minimum Gasteiger partial charge on any atom is -0.493 e. The number of hydrogen-bond donors (Lipinski definition) is 1. The van der Waals surface area contributed by atoms with E-state index in [2.05, 4.69) is 20.2 Å². The van der Waals surface area contributed by atoms with E-state index < -0.39 is 0 Å². The molecule has 2 aromatic rings. The third-order valence-corrected chi connectivity index (χ3v) is 5.24. The van der Waals surface area contributed by atoms with Crippen molar-refractivity contribution >= 4 is 11.6 Å². The zero-order valence-electron chi connectivity index (χ0n) is 16.3. The molecular formula is C20H26N4O4. The van der Waals surface area contributed by atoms with Crippen LogP contribution in [-0.4, -0.2) is 56.3 Å². The van der Waals surface area contributed by atoms with Crippen LogP contribution in [0.15, 0.2) is 30.6 Å². The first-order chi connectivity index (χ1) is 13.7. The Morgan fingerprint density at radius 2 is 1.79 bits per heavy atom. The molecule has 0 atom stereocenters. The molecule has 0 unspecified atom stereocenters. The molecule has 8 nitrogen and oxygen atoms in total. The summed E-state index contributed by atoms with van der Waals surface area (Å²) < 4.78 is 22.2. The molecule has 2 saturated heterocycles. The van der Waals surface area contributed by atoms with Gasteiger partial charge in [-0.2, -0.15) is 0 Å². The van der Waals surface area contributed by atoms with Gasteiger partial charge >= 0.3 is 0 Å². The average Bonchev–Trinajstić information content (AvgIpc) is 3.20. The number of nitrogens with one attached hydrogen (secondary N) is 1. The monoisotopic (exact) mass is 386 g/mol. The summed E-state index contributed by atoms with van der Waals surface area (Å²) in [5, 5.41) is 3.35. The smallest absolute Gasteiger partial charge is 0.171 e. The van der Waals surface area contributed by atoms with Gasteiger partial charge in [0.2, 0.25) is 0 Å². The maximum absolute atomic E-state index is 5.80. The summed E-state index contributed by atoms with van der Waals surface area (Å²) in [6, 6.07) is 7.84. The van der Waals surface area contributed by atoms with Crippen molar-refractivity contribution in [1.29, 1.82) is 0 Å². The van der Waals surface area contributed by atoms with Crippen LogP contribution in [0.3, 0.4) is 0 Å². The molecule has 0 amide bonds. The number of aromatic nitrogens is 2. The Morgan fingerprint density at radius 1 is 1.04 bits per heavy atom. The molecule has 2 aliphatic rings. The van der Waals surface area contributed by atoms with E-state index in [-0.39, 0.29) is 5.79 Å². The van der Waals surface area contributed by atoms with Crippen molar-refractivity contribution in [1.82, 2.24) is 9.97 Å². The van der Waals surface area contributed by atoms with Crippen molar-refractivity contribution in [3.63, 3.8) is 0 Å². The highest BCUT2D eigenvalue weighted by molar-refractivity contribution is 5.50. The average molecular weight is 386 g/mol. The van der Waals surface area contributed by atoms with Gasteiger partial charge in [0.15, 0.2) is 17.3 Å². The Kier molecular flexibility index (Phi) is 5.50. The molecule has 2 fully saturated rings. The fourth-order valence-corrected chi connectivity index (χ4v) is 3.66. The van der Waals surface area contributed by atoms with Crippen LogP contribution in [0.1, 0.15) is 18.4 Å². The van der Waals surface area contributed by atoms with Gasteiger partial charge in [-0.05, 0) is 17.7 Å². The van der Waals surface area contributed by atoms with Crippen LogP contribution < -0.4 is 19.7 Å². The fourth-order valence-electron chi connectivity index (χ4n) is 3.66. The summed E-state index contributed by atoms with van der Waals surface area (Å²) >= 11 is 0. The van der Waals surface area contributed by atoms with Crippen molar-refractivity contribution in [2.45, 2.75) is 25.2 Å². The minimum absolute atomic E-state index is 0.377. The Morgan fingerprint density at radius 3 is 2.50 bits per heavy atom. The predicted molar refractivity (Wildman–Crippen MR) is 105 cm³/mol. The lowest BCUT2D eigenvalue weighted by molar-refractivity contribution is -0.169. The van der Waals surface area contributed by atoms with Crippen LogP contribution in [-0.2, 0) is 16.0 Å². The molecule has 8 heteroatoms. The summed E-state index contributed by atoms with van der Waals surface area (Å²) in [6.07, 6.45) is 3.30. The molecule has 28 heavy (non-hydrogen) atoms. The second kappa shape index (κ2) is 8.20. The number of benzene rings is 1. The molecule has 4 rings (SSSR count). The molecule has 0 saturated carbocycles. The molecule has 0 aliphatic carbocycles. The number of ether oxygens (including phenoxy) is 4. The zero-order chi connectivity index (χ0) is 19.4. The van der Waals surface area contributed by atoms with E-state index in [4.69, 9.17) is 18.9 Å². The van der Waals surface area contributed by atoms with Crippen LogP contribution in [0, 0.1) is 0 Å². The van der Waals surface area contributed by atoms with Crippen molar-refractivity contribution in [2.24, 2.45) is 0 Å². The van der Waals surface area contributed by atoms with Crippen LogP contribution >= 0.6 is 0 Å². The third-order valence-electron chi connectivity index (χ3n) is 5.24. The number of rotatable bonds is 6. The molecule has 1 aromatic heterocycles. The normalized spacial score (nSPS) is 18.3. The van der Waals surface area contributed by atoms with Gasteiger partial charge in [0.05, 0.1) is 27.4 Å². The first kappa shape index (κ1) is 18.8. The van der Waals surface area contributed by atoms with Gasteiger partial charge in [0, 0.05) is 38.5 Å². The molecule has 1 aromatic carbocycles. The van der Waals surface area contributed by atoms with Gasteiger partial charge in [-0.15, -0.1) is 0 Å². The van der Waals surface area contributed by atoms with Gasteiger partial charge < -0.3 is 29.2 Å². The summed E-state index contributed by atoms with van der Waals surface area (Å²) in [6.45, 7) is 3.72. The number of anilines is 2. The second-order valence-corrected chi connectivity index (χ2v) is 6.90. The van der Waals surface area contributed by atoms with Crippen molar-refractivity contribution < 1.29 is 18.9 Å². The van der Waals surface area contributed by atoms with E-state index in [1.807, 2.05) is 24.3 Å². The summed E-state index contributed by atoms with van der Waals surface area (Å²) in [5.41, 5.74) is 1.08. The minimum atomic E-state index is -0.377. The van der Waals surface area contributed by atoms with E-state index in [0.29, 0.717) is 31.3 Å². The Hall–Kier alpha value is -2.58. The SMILES string of the molecule is COc1ccc(CNc2cc(N3CCC4(CC3)OCCO4)ncn2)cc1OC. The number of nitrogens with zero attached hydrogens (tertiary/aromatic N) is 3. The van der Waals surface area contributed by atoms with E-state index in [0.717, 1.165) is 43.1 Å². The highest BCUT2D eigenvalue weighted by Gasteiger charge is 2.40. The van der Waals surface area contributed by atoms with E-state index >= 15 is 0 Å². The molecule has 150 valence electrons. The van der Waals surface area contributed by atoms with Crippen LogP contribution in [0.5, 0.6) is 11.5 Å². The largest absolute Gasteiger partial charge is 0.493 e. The van der Waals surface area contributed by atoms with Gasteiger partial charge in [-0.25, -0.2) is 9.97 Å². The second-order valence-electron chi connectivity index (χ2n) is 6.90. The number of piperidine rings is 1. The topological polar surface area (TPSA) is 78.0 Å². The summed E-state index contributed by atoms with van der Waals surface area (Å²) in [5.74, 6) is 2.75. The highest BCUT2D eigenvalue weighted by Crippen LogP contribution is 2.33. The Bertz CT molecular complexity index is 801. The number of methoxy groups -OCH3 is 2. The third kappa shape index (κ3) is 3.98. The predicted octanol–water partition coefficient (Wildman–Crippen LogP) is 2.45. The fraction of sp³-hybridized carbons (Fsp3) is 0.500. The van der Waals surface area contributed by atoms with Crippen LogP contribution in [0.2, 0.25) is 0 Å². The molecule has 0 radical (unpaired) electrons. The highest BCUT2D eigenvalue weighted by atomic mass is 16.7. The maximum Gasteiger partial charge on any atom is 0.171 e. The zero-order valence-corrected chi connectivity index (χ0v) is 16.3. The van der Waals surface area contributed by atoms with Crippen LogP contribution in [0.4, 0.5) is 11.6 Å². The summed E-state index contributed by atoms with van der Waals surface area (Å²) in [7, 11) is 3.27. The van der Waals surface area contributed by atoms with E-state index in [9.17, 15) is 0 Å². The molecule has 3 heterocycles. The lowest BCUT2D eigenvalue weighted by Gasteiger charge is -2.38. The quantitative estimate of drug-likeness (QED) is 0.811. The molecule has 2 aliphatic heterocycles.